The van der Waals surface area contributed by atoms with E-state index < -0.39 is 27.7 Å². The molecular weight excluding hydrogens is 256 g/mol. The Labute approximate surface area is 111 Å². The molecule has 1 heterocycles. The van der Waals surface area contributed by atoms with Crippen LogP contribution in [0.25, 0.3) is 0 Å². The molecule has 106 valence electrons. The molecule has 1 aliphatic heterocycles. The number of hydrogen-bond donors (Lipinski definition) is 0. The molecule has 0 bridgehead atoms. The highest BCUT2D eigenvalue weighted by Crippen LogP contribution is 2.33. The Balaban J connectivity index is 2.69. The fraction of sp³-hybridized carbons (Fsp3) is 0.917. The fourth-order valence-electron chi connectivity index (χ4n) is 1.84. The Morgan fingerprint density at radius 2 is 2.17 bits per heavy atom. The molecule has 1 saturated heterocycles. The molecule has 2 atom stereocenters. The van der Waals surface area contributed by atoms with Gasteiger partial charge in [-0.1, -0.05) is 0 Å². The van der Waals surface area contributed by atoms with Gasteiger partial charge in [0, 0.05) is 6.42 Å². The van der Waals surface area contributed by atoms with Crippen LogP contribution in [0, 0.1) is 0 Å². The number of rotatable bonds is 4. The number of ether oxygens (including phenoxy) is 3. The molecule has 0 aromatic carbocycles. The van der Waals surface area contributed by atoms with Gasteiger partial charge in [0.15, 0.2) is 5.79 Å². The summed E-state index contributed by atoms with van der Waals surface area (Å²) in [7, 11) is 1.29. The van der Waals surface area contributed by atoms with Crippen molar-refractivity contribution >= 4 is 17.1 Å². The normalized spacial score (nSPS) is 25.6. The van der Waals surface area contributed by atoms with Gasteiger partial charge in [-0.15, -0.1) is 0 Å². The standard InChI is InChI=1S/C12H22O5S/c1-11(2,18(14)8-10(13)15-5)9-6-7-16-12(3,4)17-9/h9H,6-8H2,1-5H3. The molecule has 18 heavy (non-hydrogen) atoms. The molecule has 1 rings (SSSR count). The van der Waals surface area contributed by atoms with Gasteiger partial charge in [0.1, 0.15) is 10.9 Å². The second-order valence-electron chi connectivity index (χ2n) is 5.31. The molecule has 0 amide bonds. The lowest BCUT2D eigenvalue weighted by Gasteiger charge is -2.43. The maximum absolute atomic E-state index is 12.2. The first-order valence-electron chi connectivity index (χ1n) is 5.96. The van der Waals surface area contributed by atoms with Crippen LogP contribution in [0.15, 0.2) is 0 Å². The van der Waals surface area contributed by atoms with E-state index in [0.29, 0.717) is 13.0 Å². The number of esters is 1. The zero-order chi connectivity index (χ0) is 14.0. The summed E-state index contributed by atoms with van der Waals surface area (Å²) in [4.78, 5) is 11.2. The SMILES string of the molecule is COC(=O)C[S+]([O-])C(C)(C)C1CCOC(C)(C)O1. The third-order valence-corrected chi connectivity index (χ3v) is 5.03. The quantitative estimate of drug-likeness (QED) is 0.571. The Bertz CT molecular complexity index is 303. The zero-order valence-corrected chi connectivity index (χ0v) is 12.5. The Morgan fingerprint density at radius 1 is 1.56 bits per heavy atom. The van der Waals surface area contributed by atoms with E-state index in [-0.39, 0.29) is 11.9 Å². The van der Waals surface area contributed by atoms with Crippen molar-refractivity contribution in [3.05, 3.63) is 0 Å². The van der Waals surface area contributed by atoms with Crippen molar-refractivity contribution in [2.24, 2.45) is 0 Å². The molecule has 0 saturated carbocycles. The van der Waals surface area contributed by atoms with Gasteiger partial charge in [-0.05, 0) is 38.9 Å². The summed E-state index contributed by atoms with van der Waals surface area (Å²) in [6.07, 6.45) is 0.468. The van der Waals surface area contributed by atoms with E-state index in [1.165, 1.54) is 7.11 Å². The molecule has 5 nitrogen and oxygen atoms in total. The van der Waals surface area contributed by atoms with E-state index in [1.807, 2.05) is 27.7 Å². The summed E-state index contributed by atoms with van der Waals surface area (Å²) in [6.45, 7) is 7.92. The molecule has 0 N–H and O–H groups in total. The second-order valence-corrected chi connectivity index (χ2v) is 7.34. The van der Waals surface area contributed by atoms with Crippen LogP contribution in [0.5, 0.6) is 0 Å². The van der Waals surface area contributed by atoms with Crippen molar-refractivity contribution in [3.8, 4) is 0 Å². The average Bonchev–Trinajstić information content (AvgIpc) is 2.27. The largest absolute Gasteiger partial charge is 0.615 e. The van der Waals surface area contributed by atoms with Crippen LogP contribution in [0.1, 0.15) is 34.1 Å². The van der Waals surface area contributed by atoms with Gasteiger partial charge in [0.2, 0.25) is 5.75 Å². The van der Waals surface area contributed by atoms with Crippen LogP contribution in [0.4, 0.5) is 0 Å². The number of hydrogen-bond acceptors (Lipinski definition) is 5. The maximum Gasteiger partial charge on any atom is 0.356 e. The van der Waals surface area contributed by atoms with Gasteiger partial charge in [0.25, 0.3) is 0 Å². The van der Waals surface area contributed by atoms with Gasteiger partial charge < -0.3 is 18.8 Å². The minimum absolute atomic E-state index is 0.107. The molecule has 0 radical (unpaired) electrons. The minimum Gasteiger partial charge on any atom is -0.615 e. The van der Waals surface area contributed by atoms with Gasteiger partial charge in [-0.3, -0.25) is 0 Å². The monoisotopic (exact) mass is 278 g/mol. The average molecular weight is 278 g/mol. The van der Waals surface area contributed by atoms with Crippen molar-refractivity contribution in [2.75, 3.05) is 19.5 Å². The zero-order valence-electron chi connectivity index (χ0n) is 11.6. The van der Waals surface area contributed by atoms with Crippen LogP contribution in [0.3, 0.4) is 0 Å². The molecule has 0 spiro atoms. The number of carbonyl (C=O) groups excluding carboxylic acids is 1. The molecule has 0 aliphatic carbocycles. The van der Waals surface area contributed by atoms with Crippen LogP contribution in [0.2, 0.25) is 0 Å². The molecular formula is C12H22O5S. The summed E-state index contributed by atoms with van der Waals surface area (Å²) in [5.41, 5.74) is 0. The molecule has 6 heteroatoms. The van der Waals surface area contributed by atoms with Gasteiger partial charge in [0.05, 0.1) is 13.7 Å². The lowest BCUT2D eigenvalue weighted by atomic mass is 10.0. The molecule has 2 unspecified atom stereocenters. The first-order chi connectivity index (χ1) is 8.19. The van der Waals surface area contributed by atoms with Crippen molar-refractivity contribution in [2.45, 2.75) is 50.8 Å². The van der Waals surface area contributed by atoms with Crippen molar-refractivity contribution in [1.29, 1.82) is 0 Å². The topological polar surface area (TPSA) is 67.8 Å². The maximum atomic E-state index is 12.2. The van der Waals surface area contributed by atoms with Gasteiger partial charge in [-0.25, -0.2) is 4.79 Å². The highest BCUT2D eigenvalue weighted by molar-refractivity contribution is 7.93. The van der Waals surface area contributed by atoms with Crippen molar-refractivity contribution in [3.63, 3.8) is 0 Å². The first kappa shape index (κ1) is 15.8. The van der Waals surface area contributed by atoms with E-state index in [1.54, 1.807) is 0 Å². The van der Waals surface area contributed by atoms with E-state index >= 15 is 0 Å². The Hall–Kier alpha value is -0.300. The minimum atomic E-state index is -1.35. The summed E-state index contributed by atoms with van der Waals surface area (Å²) >= 11 is -1.35. The molecule has 1 fully saturated rings. The Kier molecular flexibility index (Phi) is 5.05. The highest BCUT2D eigenvalue weighted by Gasteiger charge is 2.46. The van der Waals surface area contributed by atoms with E-state index in [0.717, 1.165) is 0 Å². The summed E-state index contributed by atoms with van der Waals surface area (Å²) in [6, 6.07) is 0. The predicted molar refractivity (Wildman–Crippen MR) is 68.6 cm³/mol. The first-order valence-corrected chi connectivity index (χ1v) is 7.28. The lowest BCUT2D eigenvalue weighted by molar-refractivity contribution is -0.277. The fourth-order valence-corrected chi connectivity index (χ4v) is 3.00. The van der Waals surface area contributed by atoms with Gasteiger partial charge >= 0.3 is 5.97 Å². The van der Waals surface area contributed by atoms with Crippen LogP contribution in [-0.2, 0) is 30.2 Å². The second kappa shape index (κ2) is 5.77. The number of carbonyl (C=O) groups is 1. The van der Waals surface area contributed by atoms with E-state index in [9.17, 15) is 9.35 Å². The van der Waals surface area contributed by atoms with Gasteiger partial charge in [-0.2, -0.15) is 0 Å². The highest BCUT2D eigenvalue weighted by atomic mass is 32.2. The molecule has 0 aromatic heterocycles. The van der Waals surface area contributed by atoms with Crippen LogP contribution < -0.4 is 0 Å². The van der Waals surface area contributed by atoms with Crippen LogP contribution in [-0.4, -0.2) is 46.6 Å². The third-order valence-electron chi connectivity index (χ3n) is 3.09. The van der Waals surface area contributed by atoms with Crippen molar-refractivity contribution in [1.82, 2.24) is 0 Å². The molecule has 0 aromatic rings. The van der Waals surface area contributed by atoms with E-state index in [4.69, 9.17) is 9.47 Å². The Morgan fingerprint density at radius 3 is 2.67 bits per heavy atom. The summed E-state index contributed by atoms with van der Waals surface area (Å²) < 4.78 is 27.4. The summed E-state index contributed by atoms with van der Waals surface area (Å²) in [5, 5.41) is 0. The summed E-state index contributed by atoms with van der Waals surface area (Å²) in [5.74, 6) is -1.24. The number of methoxy groups -OCH3 is 1. The molecule has 1 aliphatic rings. The smallest absolute Gasteiger partial charge is 0.356 e. The predicted octanol–water partition coefficient (Wildman–Crippen LogP) is 1.23. The van der Waals surface area contributed by atoms with E-state index in [2.05, 4.69) is 4.74 Å². The van der Waals surface area contributed by atoms with Crippen LogP contribution >= 0.6 is 0 Å². The third kappa shape index (κ3) is 3.85. The van der Waals surface area contributed by atoms with Crippen molar-refractivity contribution < 1.29 is 23.6 Å². The lowest BCUT2D eigenvalue weighted by Crippen LogP contribution is -2.54.